The Kier molecular flexibility index (Phi) is 5.70. The number of carbonyl (C=O) groups excluding carboxylic acids is 2. The molecular formula is C23H27N3O2. The van der Waals surface area contributed by atoms with Gasteiger partial charge < -0.3 is 10.6 Å². The Balaban J connectivity index is 1.32. The van der Waals surface area contributed by atoms with Gasteiger partial charge in [-0.05, 0) is 42.4 Å². The van der Waals surface area contributed by atoms with E-state index >= 15 is 0 Å². The lowest BCUT2D eigenvalue weighted by Gasteiger charge is -2.55. The molecule has 1 aromatic carbocycles. The van der Waals surface area contributed by atoms with Crippen molar-refractivity contribution in [3.63, 3.8) is 0 Å². The third kappa shape index (κ3) is 3.93. The van der Waals surface area contributed by atoms with Gasteiger partial charge in [0.05, 0.1) is 5.56 Å². The number of carbonyl (C=O) groups is 2. The van der Waals surface area contributed by atoms with Crippen molar-refractivity contribution in [2.24, 2.45) is 11.8 Å². The number of nitrogens with one attached hydrogen (secondary N) is 2. The number of nitrogens with zero attached hydrogens (tertiary/aromatic N) is 1. The van der Waals surface area contributed by atoms with Gasteiger partial charge in [-0.1, -0.05) is 43.2 Å². The van der Waals surface area contributed by atoms with Gasteiger partial charge in [-0.25, -0.2) is 0 Å². The highest BCUT2D eigenvalue weighted by Gasteiger charge is 2.51. The molecule has 0 spiro atoms. The Morgan fingerprint density at radius 2 is 1.79 bits per heavy atom. The van der Waals surface area contributed by atoms with Crippen LogP contribution >= 0.6 is 0 Å². The summed E-state index contributed by atoms with van der Waals surface area (Å²) in [7, 11) is 0. The van der Waals surface area contributed by atoms with Crippen LogP contribution in [0.4, 0.5) is 0 Å². The van der Waals surface area contributed by atoms with Crippen molar-refractivity contribution < 1.29 is 9.59 Å². The second-order valence-corrected chi connectivity index (χ2v) is 7.89. The molecule has 146 valence electrons. The predicted molar refractivity (Wildman–Crippen MR) is 108 cm³/mol. The van der Waals surface area contributed by atoms with Gasteiger partial charge >= 0.3 is 0 Å². The zero-order valence-corrected chi connectivity index (χ0v) is 16.0. The number of hydrogen-bond donors (Lipinski definition) is 2. The van der Waals surface area contributed by atoms with E-state index in [0.29, 0.717) is 36.3 Å². The first-order valence-corrected chi connectivity index (χ1v) is 10.3. The van der Waals surface area contributed by atoms with Crippen LogP contribution in [-0.4, -0.2) is 29.4 Å². The predicted octanol–water partition coefficient (Wildman–Crippen LogP) is 3.29. The summed E-state index contributed by atoms with van der Waals surface area (Å²) in [6, 6.07) is 14.2. The molecule has 1 aromatic heterocycles. The lowest BCUT2D eigenvalue weighted by molar-refractivity contribution is -0.124. The molecule has 1 heterocycles. The van der Waals surface area contributed by atoms with Crippen LogP contribution in [-0.2, 0) is 4.79 Å². The number of hydrogen-bond acceptors (Lipinski definition) is 3. The molecule has 0 unspecified atom stereocenters. The molecule has 0 saturated heterocycles. The van der Waals surface area contributed by atoms with Crippen molar-refractivity contribution >= 4 is 11.8 Å². The summed E-state index contributed by atoms with van der Waals surface area (Å²) in [6.07, 6.45) is 8.47. The number of pyridine rings is 1. The SMILES string of the molecule is O=C(CCNC(=O)c1cccnc1)N[C@H]1[C@@H]2CCCC[C@@H]2[C@@H]1c1ccccc1. The first-order chi connectivity index (χ1) is 13.7. The van der Waals surface area contributed by atoms with E-state index in [0.717, 1.165) is 0 Å². The van der Waals surface area contributed by atoms with Crippen LogP contribution in [0.1, 0.15) is 53.9 Å². The molecule has 2 N–H and O–H groups in total. The van der Waals surface area contributed by atoms with E-state index in [9.17, 15) is 9.59 Å². The van der Waals surface area contributed by atoms with Crippen LogP contribution in [0, 0.1) is 11.8 Å². The van der Waals surface area contributed by atoms with Gasteiger partial charge in [0.1, 0.15) is 0 Å². The second-order valence-electron chi connectivity index (χ2n) is 7.89. The summed E-state index contributed by atoms with van der Waals surface area (Å²) in [6.45, 7) is 0.330. The van der Waals surface area contributed by atoms with Crippen molar-refractivity contribution in [1.82, 2.24) is 15.6 Å². The first kappa shape index (κ1) is 18.7. The van der Waals surface area contributed by atoms with E-state index in [4.69, 9.17) is 0 Å². The molecule has 2 saturated carbocycles. The molecular weight excluding hydrogens is 350 g/mol. The molecule has 2 fully saturated rings. The fraction of sp³-hybridized carbons (Fsp3) is 0.435. The highest BCUT2D eigenvalue weighted by molar-refractivity contribution is 5.94. The maximum absolute atomic E-state index is 12.5. The number of rotatable bonds is 6. The molecule has 2 aliphatic carbocycles. The van der Waals surface area contributed by atoms with Crippen molar-refractivity contribution in [3.05, 3.63) is 66.0 Å². The van der Waals surface area contributed by atoms with Crippen molar-refractivity contribution in [3.8, 4) is 0 Å². The maximum atomic E-state index is 12.5. The third-order valence-electron chi connectivity index (χ3n) is 6.26. The molecule has 2 amide bonds. The van der Waals surface area contributed by atoms with Crippen LogP contribution in [0.5, 0.6) is 0 Å². The Morgan fingerprint density at radius 3 is 2.54 bits per heavy atom. The minimum absolute atomic E-state index is 0.0152. The lowest BCUT2D eigenvalue weighted by atomic mass is 9.53. The summed E-state index contributed by atoms with van der Waals surface area (Å²) in [5, 5.41) is 6.07. The lowest BCUT2D eigenvalue weighted by Crippen LogP contribution is -2.59. The Bertz CT molecular complexity index is 809. The van der Waals surface area contributed by atoms with Crippen LogP contribution in [0.2, 0.25) is 0 Å². The van der Waals surface area contributed by atoms with Crippen LogP contribution in [0.3, 0.4) is 0 Å². The number of benzene rings is 1. The summed E-state index contributed by atoms with van der Waals surface area (Å²) in [5.41, 5.74) is 1.84. The standard InChI is InChI=1S/C23H27N3O2/c27-20(12-14-25-23(28)17-9-6-13-24-15-17)26-22-19-11-5-4-10-18(19)21(22)16-7-2-1-3-8-16/h1-3,6-9,13,15,18-19,21-22H,4-5,10-12,14H2,(H,25,28)(H,26,27)/t18-,19+,21-,22-/m0/s1. The van der Waals surface area contributed by atoms with Gasteiger partial charge in [0.2, 0.25) is 5.91 Å². The molecule has 5 heteroatoms. The van der Waals surface area contributed by atoms with E-state index in [1.807, 2.05) is 6.07 Å². The Hall–Kier alpha value is -2.69. The van der Waals surface area contributed by atoms with Gasteiger partial charge in [0.15, 0.2) is 0 Å². The average Bonchev–Trinajstić information content (AvgIpc) is 2.74. The van der Waals surface area contributed by atoms with Gasteiger partial charge in [-0.15, -0.1) is 0 Å². The zero-order chi connectivity index (χ0) is 19.3. The van der Waals surface area contributed by atoms with Crippen LogP contribution < -0.4 is 10.6 Å². The van der Waals surface area contributed by atoms with Crippen molar-refractivity contribution in [2.45, 2.75) is 44.1 Å². The van der Waals surface area contributed by atoms with E-state index < -0.39 is 0 Å². The Labute approximate surface area is 165 Å². The summed E-state index contributed by atoms with van der Waals surface area (Å²) in [5.74, 6) is 1.51. The summed E-state index contributed by atoms with van der Waals surface area (Å²) < 4.78 is 0. The second kappa shape index (κ2) is 8.55. The topological polar surface area (TPSA) is 71.1 Å². The van der Waals surface area contributed by atoms with E-state index in [2.05, 4.69) is 39.9 Å². The highest BCUT2D eigenvalue weighted by Crippen LogP contribution is 2.54. The van der Waals surface area contributed by atoms with Crippen LogP contribution in [0.15, 0.2) is 54.9 Å². The van der Waals surface area contributed by atoms with E-state index in [1.54, 1.807) is 18.3 Å². The number of fused-ring (bicyclic) bond motifs is 1. The van der Waals surface area contributed by atoms with Crippen molar-refractivity contribution in [1.29, 1.82) is 0 Å². The van der Waals surface area contributed by atoms with E-state index in [1.165, 1.54) is 37.4 Å². The number of aromatic nitrogens is 1. The van der Waals surface area contributed by atoms with Crippen LogP contribution in [0.25, 0.3) is 0 Å². The third-order valence-corrected chi connectivity index (χ3v) is 6.26. The fourth-order valence-electron chi connectivity index (χ4n) is 4.94. The molecule has 0 bridgehead atoms. The fourth-order valence-corrected chi connectivity index (χ4v) is 4.94. The largest absolute Gasteiger partial charge is 0.352 e. The van der Waals surface area contributed by atoms with Gasteiger partial charge in [0.25, 0.3) is 5.91 Å². The maximum Gasteiger partial charge on any atom is 0.252 e. The number of amides is 2. The van der Waals surface area contributed by atoms with Gasteiger partial charge in [0, 0.05) is 37.3 Å². The quantitative estimate of drug-likeness (QED) is 0.811. The molecule has 2 aliphatic rings. The molecule has 5 nitrogen and oxygen atoms in total. The average molecular weight is 377 g/mol. The summed E-state index contributed by atoms with van der Waals surface area (Å²) in [4.78, 5) is 28.5. The normalized spacial score (nSPS) is 25.9. The van der Waals surface area contributed by atoms with Gasteiger partial charge in [-0.3, -0.25) is 14.6 Å². The molecule has 2 aromatic rings. The molecule has 0 radical (unpaired) electrons. The first-order valence-electron chi connectivity index (χ1n) is 10.3. The molecule has 4 atom stereocenters. The zero-order valence-electron chi connectivity index (χ0n) is 16.0. The van der Waals surface area contributed by atoms with Gasteiger partial charge in [-0.2, -0.15) is 0 Å². The molecule has 0 aliphatic heterocycles. The highest BCUT2D eigenvalue weighted by atomic mass is 16.2. The van der Waals surface area contributed by atoms with E-state index in [-0.39, 0.29) is 17.9 Å². The minimum Gasteiger partial charge on any atom is -0.352 e. The smallest absolute Gasteiger partial charge is 0.252 e. The summed E-state index contributed by atoms with van der Waals surface area (Å²) >= 11 is 0. The Morgan fingerprint density at radius 1 is 1.00 bits per heavy atom. The molecule has 28 heavy (non-hydrogen) atoms. The minimum atomic E-state index is -0.195. The molecule has 4 rings (SSSR count). The monoisotopic (exact) mass is 377 g/mol. The van der Waals surface area contributed by atoms with Crippen molar-refractivity contribution in [2.75, 3.05) is 6.54 Å².